The van der Waals surface area contributed by atoms with Gasteiger partial charge in [0.05, 0.1) is 5.56 Å². The zero-order valence-electron chi connectivity index (χ0n) is 17.4. The third-order valence-electron chi connectivity index (χ3n) is 5.53. The standard InChI is InChI=1S/C19H34O4Si2/c1-18(2,3)24(7,8)22-15-12-11-14(17(20)21)13-16(15)23-25(9,10)19(4,5)6/h11-13H,1-10H3,(H,20,21). The Balaban J connectivity index is 3.37. The van der Waals surface area contributed by atoms with Gasteiger partial charge in [-0.3, -0.25) is 0 Å². The molecule has 0 saturated heterocycles. The summed E-state index contributed by atoms with van der Waals surface area (Å²) in [7, 11) is -4.17. The maximum atomic E-state index is 11.4. The van der Waals surface area contributed by atoms with E-state index in [2.05, 4.69) is 67.7 Å². The van der Waals surface area contributed by atoms with Gasteiger partial charge in [-0.2, -0.15) is 0 Å². The molecule has 0 aliphatic rings. The Kier molecular flexibility index (Phi) is 5.92. The molecule has 0 aliphatic heterocycles. The number of rotatable bonds is 5. The quantitative estimate of drug-likeness (QED) is 0.620. The molecule has 0 atom stereocenters. The van der Waals surface area contributed by atoms with Gasteiger partial charge < -0.3 is 14.0 Å². The minimum atomic E-state index is -2.11. The third kappa shape index (κ3) is 5.10. The summed E-state index contributed by atoms with van der Waals surface area (Å²) in [6.45, 7) is 21.7. The number of carboxylic acids is 1. The smallest absolute Gasteiger partial charge is 0.335 e. The lowest BCUT2D eigenvalue weighted by molar-refractivity contribution is 0.0696. The van der Waals surface area contributed by atoms with Crippen LogP contribution in [0.25, 0.3) is 0 Å². The highest BCUT2D eigenvalue weighted by molar-refractivity contribution is 6.75. The average molecular weight is 383 g/mol. The second-order valence-electron chi connectivity index (χ2n) is 9.69. The van der Waals surface area contributed by atoms with Gasteiger partial charge in [-0.15, -0.1) is 0 Å². The lowest BCUT2D eigenvalue weighted by atomic mass is 10.2. The van der Waals surface area contributed by atoms with Crippen molar-refractivity contribution in [1.82, 2.24) is 0 Å². The maximum Gasteiger partial charge on any atom is 0.335 e. The molecule has 142 valence electrons. The van der Waals surface area contributed by atoms with Crippen molar-refractivity contribution >= 4 is 22.6 Å². The molecule has 0 unspecified atom stereocenters. The molecule has 0 radical (unpaired) electrons. The molecule has 0 amide bonds. The van der Waals surface area contributed by atoms with Gasteiger partial charge in [-0.05, 0) is 54.5 Å². The summed E-state index contributed by atoms with van der Waals surface area (Å²) >= 11 is 0. The largest absolute Gasteiger partial charge is 0.541 e. The molecule has 1 aromatic carbocycles. The molecule has 0 fully saturated rings. The second kappa shape index (κ2) is 6.80. The molecular formula is C19H34O4Si2. The summed E-state index contributed by atoms with van der Waals surface area (Å²) in [6.07, 6.45) is 0. The zero-order chi connectivity index (χ0) is 19.8. The van der Waals surface area contributed by atoms with Crippen molar-refractivity contribution in [2.24, 2.45) is 0 Å². The van der Waals surface area contributed by atoms with E-state index >= 15 is 0 Å². The van der Waals surface area contributed by atoms with Crippen molar-refractivity contribution in [2.75, 3.05) is 0 Å². The molecule has 25 heavy (non-hydrogen) atoms. The van der Waals surface area contributed by atoms with Gasteiger partial charge in [-0.25, -0.2) is 4.79 Å². The molecule has 0 aromatic heterocycles. The van der Waals surface area contributed by atoms with Gasteiger partial charge in [0, 0.05) is 0 Å². The SMILES string of the molecule is CC(C)(C)[Si](C)(C)Oc1ccc(C(=O)O)cc1O[Si](C)(C)C(C)(C)C. The normalized spacial score (nSPS) is 13.5. The Labute approximate surface area is 154 Å². The molecule has 4 nitrogen and oxygen atoms in total. The van der Waals surface area contributed by atoms with Crippen molar-refractivity contribution in [3.8, 4) is 11.5 Å². The van der Waals surface area contributed by atoms with Gasteiger partial charge in [0.2, 0.25) is 0 Å². The van der Waals surface area contributed by atoms with Gasteiger partial charge in [-0.1, -0.05) is 41.5 Å². The highest BCUT2D eigenvalue weighted by Crippen LogP contribution is 2.43. The minimum absolute atomic E-state index is 0.0144. The highest BCUT2D eigenvalue weighted by Gasteiger charge is 2.42. The third-order valence-corrected chi connectivity index (χ3v) is 14.2. The van der Waals surface area contributed by atoms with Gasteiger partial charge in [0.1, 0.15) is 11.5 Å². The number of aromatic carboxylic acids is 1. The van der Waals surface area contributed by atoms with Crippen LogP contribution in [0.15, 0.2) is 18.2 Å². The van der Waals surface area contributed by atoms with E-state index in [0.29, 0.717) is 11.5 Å². The van der Waals surface area contributed by atoms with E-state index in [1.54, 1.807) is 18.2 Å². The Hall–Kier alpha value is -1.28. The highest BCUT2D eigenvalue weighted by atomic mass is 28.4. The first-order valence-electron chi connectivity index (χ1n) is 8.73. The molecule has 0 heterocycles. The lowest BCUT2D eigenvalue weighted by Crippen LogP contribution is -2.45. The Bertz CT molecular complexity index is 638. The van der Waals surface area contributed by atoms with Crippen LogP contribution in [0.1, 0.15) is 51.9 Å². The van der Waals surface area contributed by atoms with Crippen LogP contribution in [-0.2, 0) is 0 Å². The van der Waals surface area contributed by atoms with Crippen molar-refractivity contribution in [1.29, 1.82) is 0 Å². The molecule has 0 bridgehead atoms. The van der Waals surface area contributed by atoms with E-state index < -0.39 is 22.6 Å². The average Bonchev–Trinajstić information content (AvgIpc) is 2.37. The summed E-state index contributed by atoms with van der Waals surface area (Å²) < 4.78 is 12.9. The second-order valence-corrected chi connectivity index (χ2v) is 19.1. The monoisotopic (exact) mass is 382 g/mol. The van der Waals surface area contributed by atoms with E-state index in [0.717, 1.165) is 0 Å². The van der Waals surface area contributed by atoms with Gasteiger partial charge >= 0.3 is 5.97 Å². The Morgan fingerprint density at radius 1 is 0.840 bits per heavy atom. The number of hydrogen-bond acceptors (Lipinski definition) is 3. The fraction of sp³-hybridized carbons (Fsp3) is 0.632. The van der Waals surface area contributed by atoms with E-state index in [-0.39, 0.29) is 15.6 Å². The number of carboxylic acid groups (broad SMARTS) is 1. The van der Waals surface area contributed by atoms with Crippen molar-refractivity contribution in [2.45, 2.75) is 77.8 Å². The topological polar surface area (TPSA) is 55.8 Å². The fourth-order valence-electron chi connectivity index (χ4n) is 1.66. The number of benzene rings is 1. The van der Waals surface area contributed by atoms with Crippen LogP contribution in [-0.4, -0.2) is 27.7 Å². The van der Waals surface area contributed by atoms with Crippen LogP contribution < -0.4 is 8.85 Å². The summed E-state index contributed by atoms with van der Waals surface area (Å²) in [5.41, 5.74) is 0.219. The van der Waals surface area contributed by atoms with E-state index in [9.17, 15) is 9.90 Å². The molecule has 0 spiro atoms. The van der Waals surface area contributed by atoms with Gasteiger partial charge in [0.15, 0.2) is 0 Å². The van der Waals surface area contributed by atoms with Crippen molar-refractivity contribution < 1.29 is 18.8 Å². The lowest BCUT2D eigenvalue weighted by Gasteiger charge is -2.39. The summed E-state index contributed by atoms with van der Waals surface area (Å²) in [6, 6.07) is 4.93. The van der Waals surface area contributed by atoms with Gasteiger partial charge in [0.25, 0.3) is 16.6 Å². The molecule has 1 N–H and O–H groups in total. The Morgan fingerprint density at radius 3 is 1.60 bits per heavy atom. The molecule has 0 saturated carbocycles. The minimum Gasteiger partial charge on any atom is -0.541 e. The summed E-state index contributed by atoms with van der Waals surface area (Å²) in [5, 5.41) is 9.41. The van der Waals surface area contributed by atoms with Crippen LogP contribution in [0.3, 0.4) is 0 Å². The molecule has 0 aliphatic carbocycles. The first-order valence-corrected chi connectivity index (χ1v) is 14.5. The summed E-state index contributed by atoms with van der Waals surface area (Å²) in [4.78, 5) is 11.4. The van der Waals surface area contributed by atoms with Crippen molar-refractivity contribution in [3.63, 3.8) is 0 Å². The predicted molar refractivity (Wildman–Crippen MR) is 109 cm³/mol. The van der Waals surface area contributed by atoms with E-state index in [4.69, 9.17) is 8.85 Å². The first kappa shape index (κ1) is 21.8. The molecule has 1 aromatic rings. The van der Waals surface area contributed by atoms with Crippen molar-refractivity contribution in [3.05, 3.63) is 23.8 Å². The predicted octanol–water partition coefficient (Wildman–Crippen LogP) is 6.15. The number of carbonyl (C=O) groups is 1. The molecule has 1 rings (SSSR count). The maximum absolute atomic E-state index is 11.4. The molecular weight excluding hydrogens is 348 g/mol. The first-order chi connectivity index (χ1) is 11.0. The van der Waals surface area contributed by atoms with Crippen LogP contribution in [0.4, 0.5) is 0 Å². The van der Waals surface area contributed by atoms with E-state index in [1.807, 2.05) is 0 Å². The van der Waals surface area contributed by atoms with Crippen LogP contribution in [0.5, 0.6) is 11.5 Å². The number of hydrogen-bond donors (Lipinski definition) is 1. The zero-order valence-corrected chi connectivity index (χ0v) is 19.4. The molecule has 6 heteroatoms. The van der Waals surface area contributed by atoms with E-state index in [1.165, 1.54) is 0 Å². The van der Waals surface area contributed by atoms with Crippen LogP contribution in [0, 0.1) is 0 Å². The Morgan fingerprint density at radius 2 is 1.24 bits per heavy atom. The summed E-state index contributed by atoms with van der Waals surface area (Å²) in [5.74, 6) is 0.247. The van der Waals surface area contributed by atoms with Crippen LogP contribution in [0.2, 0.25) is 36.3 Å². The van der Waals surface area contributed by atoms with Crippen LogP contribution >= 0.6 is 0 Å². The fourth-order valence-corrected chi connectivity index (χ4v) is 3.70.